The van der Waals surface area contributed by atoms with Gasteiger partial charge in [-0.2, -0.15) is 11.8 Å². The number of thioether (sulfide) groups is 1. The molecule has 4 nitrogen and oxygen atoms in total. The minimum atomic E-state index is 0.231. The molecule has 0 bridgehead atoms. The summed E-state index contributed by atoms with van der Waals surface area (Å²) in [6, 6.07) is 0.618. The lowest BCUT2D eigenvalue weighted by Crippen LogP contribution is -2.48. The Kier molecular flexibility index (Phi) is 6.47. The van der Waals surface area contributed by atoms with Gasteiger partial charge in [0.1, 0.15) is 0 Å². The van der Waals surface area contributed by atoms with Gasteiger partial charge in [0.15, 0.2) is 5.96 Å². The Morgan fingerprint density at radius 3 is 2.42 bits per heavy atom. The number of likely N-dealkylation sites (N-methyl/N-ethyl adjacent to an activating group) is 1. The molecule has 0 aromatic rings. The molecule has 1 rings (SSSR count). The molecular formula is C14H30N4S. The van der Waals surface area contributed by atoms with Gasteiger partial charge in [-0.3, -0.25) is 4.99 Å². The number of hydrogen-bond acceptors (Lipinski definition) is 3. The highest BCUT2D eigenvalue weighted by molar-refractivity contribution is 7.99. The molecule has 0 saturated heterocycles. The summed E-state index contributed by atoms with van der Waals surface area (Å²) < 4.78 is 0.231. The van der Waals surface area contributed by atoms with Crippen LogP contribution in [-0.4, -0.2) is 62.1 Å². The monoisotopic (exact) mass is 286 g/mol. The van der Waals surface area contributed by atoms with E-state index in [0.29, 0.717) is 6.04 Å². The summed E-state index contributed by atoms with van der Waals surface area (Å²) in [5.74, 6) is 1.78. The maximum atomic E-state index is 4.30. The van der Waals surface area contributed by atoms with Crippen molar-refractivity contribution in [3.63, 3.8) is 0 Å². The number of nitrogens with zero attached hydrogens (tertiary/aromatic N) is 2. The van der Waals surface area contributed by atoms with E-state index < -0.39 is 0 Å². The first-order valence-corrected chi connectivity index (χ1v) is 8.28. The summed E-state index contributed by atoms with van der Waals surface area (Å²) in [4.78, 5) is 6.63. The Labute approximate surface area is 122 Å². The standard InChI is InChI=1S/C14H30N4S/c1-14(2,19-6)10-17-13(15-3)16-9-12(18(4)5)11-7-8-11/h11-12H,7-10H2,1-6H3,(H2,15,16,17). The van der Waals surface area contributed by atoms with Crippen LogP contribution in [0.15, 0.2) is 4.99 Å². The Balaban J connectivity index is 2.36. The van der Waals surface area contributed by atoms with Crippen LogP contribution in [0.25, 0.3) is 0 Å². The first kappa shape index (κ1) is 16.6. The molecule has 0 radical (unpaired) electrons. The van der Waals surface area contributed by atoms with Crippen molar-refractivity contribution in [1.82, 2.24) is 15.5 Å². The number of guanidine groups is 1. The molecule has 1 unspecified atom stereocenters. The van der Waals surface area contributed by atoms with E-state index in [1.807, 2.05) is 18.8 Å². The quantitative estimate of drug-likeness (QED) is 0.551. The van der Waals surface area contributed by atoms with E-state index in [2.05, 4.69) is 54.7 Å². The van der Waals surface area contributed by atoms with E-state index in [4.69, 9.17) is 0 Å². The number of nitrogens with one attached hydrogen (secondary N) is 2. The lowest BCUT2D eigenvalue weighted by molar-refractivity contribution is 0.264. The van der Waals surface area contributed by atoms with Crippen LogP contribution in [0.3, 0.4) is 0 Å². The lowest BCUT2D eigenvalue weighted by Gasteiger charge is -2.27. The number of rotatable bonds is 7. The third kappa shape index (κ3) is 6.04. The molecular weight excluding hydrogens is 256 g/mol. The van der Waals surface area contributed by atoms with E-state index >= 15 is 0 Å². The third-order valence-corrected chi connectivity index (χ3v) is 5.02. The van der Waals surface area contributed by atoms with Crippen LogP contribution in [0.5, 0.6) is 0 Å². The highest BCUT2D eigenvalue weighted by atomic mass is 32.2. The highest BCUT2D eigenvalue weighted by Crippen LogP contribution is 2.34. The molecule has 1 saturated carbocycles. The van der Waals surface area contributed by atoms with Gasteiger partial charge in [0, 0.05) is 30.9 Å². The third-order valence-electron chi connectivity index (χ3n) is 3.77. The SMILES string of the molecule is CN=C(NCC(C1CC1)N(C)C)NCC(C)(C)SC. The van der Waals surface area contributed by atoms with Gasteiger partial charge in [0.25, 0.3) is 0 Å². The van der Waals surface area contributed by atoms with Gasteiger partial charge in [-0.1, -0.05) is 0 Å². The second-order valence-electron chi connectivity index (χ2n) is 6.14. The summed E-state index contributed by atoms with van der Waals surface area (Å²) in [5.41, 5.74) is 0. The minimum Gasteiger partial charge on any atom is -0.355 e. The summed E-state index contributed by atoms with van der Waals surface area (Å²) in [5, 5.41) is 6.87. The maximum Gasteiger partial charge on any atom is 0.191 e. The van der Waals surface area contributed by atoms with Gasteiger partial charge in [0.2, 0.25) is 0 Å². The average molecular weight is 286 g/mol. The highest BCUT2D eigenvalue weighted by Gasteiger charge is 2.32. The predicted octanol–water partition coefficient (Wildman–Crippen LogP) is 1.63. The molecule has 112 valence electrons. The first-order valence-electron chi connectivity index (χ1n) is 7.05. The van der Waals surface area contributed by atoms with Crippen molar-refractivity contribution in [3.05, 3.63) is 0 Å². The van der Waals surface area contributed by atoms with Gasteiger partial charge in [-0.15, -0.1) is 0 Å². The van der Waals surface area contributed by atoms with Crippen LogP contribution < -0.4 is 10.6 Å². The Bertz CT molecular complexity index is 296. The van der Waals surface area contributed by atoms with Crippen molar-refractivity contribution in [3.8, 4) is 0 Å². The summed E-state index contributed by atoms with van der Waals surface area (Å²) >= 11 is 1.87. The Hall–Kier alpha value is -0.420. The minimum absolute atomic E-state index is 0.231. The van der Waals surface area contributed by atoms with Gasteiger partial charge < -0.3 is 15.5 Å². The predicted molar refractivity (Wildman–Crippen MR) is 87.2 cm³/mol. The number of aliphatic imine (C=N–C) groups is 1. The van der Waals surface area contributed by atoms with Crippen LogP contribution >= 0.6 is 11.8 Å². The normalized spacial score (nSPS) is 18.6. The zero-order valence-corrected chi connectivity index (χ0v) is 14.1. The molecule has 5 heteroatoms. The Morgan fingerprint density at radius 1 is 1.37 bits per heavy atom. The zero-order chi connectivity index (χ0) is 14.5. The fourth-order valence-corrected chi connectivity index (χ4v) is 2.26. The van der Waals surface area contributed by atoms with E-state index in [1.165, 1.54) is 12.8 Å². The largest absolute Gasteiger partial charge is 0.355 e. The van der Waals surface area contributed by atoms with E-state index in [0.717, 1.165) is 25.0 Å². The fraction of sp³-hybridized carbons (Fsp3) is 0.929. The summed E-state index contributed by atoms with van der Waals surface area (Å²) in [7, 11) is 6.17. The second-order valence-corrected chi connectivity index (χ2v) is 7.65. The second kappa shape index (κ2) is 7.39. The molecule has 2 N–H and O–H groups in total. The molecule has 0 aromatic heterocycles. The molecule has 0 aliphatic heterocycles. The van der Waals surface area contributed by atoms with E-state index in [-0.39, 0.29) is 4.75 Å². The van der Waals surface area contributed by atoms with E-state index in [9.17, 15) is 0 Å². The molecule has 0 spiro atoms. The molecule has 0 heterocycles. The first-order chi connectivity index (χ1) is 8.89. The Morgan fingerprint density at radius 2 is 2.00 bits per heavy atom. The lowest BCUT2D eigenvalue weighted by atomic mass is 10.1. The van der Waals surface area contributed by atoms with E-state index in [1.54, 1.807) is 0 Å². The maximum absolute atomic E-state index is 4.30. The van der Waals surface area contributed by atoms with Crippen molar-refractivity contribution >= 4 is 17.7 Å². The van der Waals surface area contributed by atoms with Crippen LogP contribution in [0.4, 0.5) is 0 Å². The van der Waals surface area contributed by atoms with Crippen LogP contribution in [0.1, 0.15) is 26.7 Å². The summed E-state index contributed by atoms with van der Waals surface area (Å²) in [6.45, 7) is 6.37. The van der Waals surface area contributed by atoms with Crippen molar-refractivity contribution < 1.29 is 0 Å². The van der Waals surface area contributed by atoms with Crippen LogP contribution in [0.2, 0.25) is 0 Å². The fourth-order valence-electron chi connectivity index (χ4n) is 2.04. The smallest absolute Gasteiger partial charge is 0.191 e. The van der Waals surface area contributed by atoms with Crippen LogP contribution in [-0.2, 0) is 0 Å². The van der Waals surface area contributed by atoms with Crippen molar-refractivity contribution in [2.75, 3.05) is 40.5 Å². The molecule has 1 aliphatic rings. The zero-order valence-electron chi connectivity index (χ0n) is 13.3. The van der Waals surface area contributed by atoms with Gasteiger partial charge >= 0.3 is 0 Å². The van der Waals surface area contributed by atoms with Gasteiger partial charge in [-0.25, -0.2) is 0 Å². The topological polar surface area (TPSA) is 39.7 Å². The molecule has 1 aliphatic carbocycles. The van der Waals surface area contributed by atoms with Crippen molar-refractivity contribution in [2.24, 2.45) is 10.9 Å². The van der Waals surface area contributed by atoms with Crippen molar-refractivity contribution in [1.29, 1.82) is 0 Å². The molecule has 1 fully saturated rings. The molecule has 0 amide bonds. The van der Waals surface area contributed by atoms with Crippen LogP contribution in [0, 0.1) is 5.92 Å². The van der Waals surface area contributed by atoms with Crippen molar-refractivity contribution in [2.45, 2.75) is 37.5 Å². The molecule has 1 atom stereocenters. The molecule has 0 aromatic carbocycles. The summed E-state index contributed by atoms with van der Waals surface area (Å²) in [6.07, 6.45) is 4.89. The average Bonchev–Trinajstić information content (AvgIpc) is 3.17. The molecule has 19 heavy (non-hydrogen) atoms. The van der Waals surface area contributed by atoms with Gasteiger partial charge in [0.05, 0.1) is 0 Å². The van der Waals surface area contributed by atoms with Gasteiger partial charge in [-0.05, 0) is 53.0 Å². The number of hydrogen-bond donors (Lipinski definition) is 2.